The van der Waals surface area contributed by atoms with Gasteiger partial charge in [-0.15, -0.1) is 0 Å². The largest absolute Gasteiger partial charge is 0.382 e. The number of nitrogens with two attached hydrogens (primary N) is 2. The maximum absolute atomic E-state index is 12.0. The van der Waals surface area contributed by atoms with Crippen molar-refractivity contribution in [3.05, 3.63) is 30.6 Å². The number of para-hydroxylation sites is 1. The van der Waals surface area contributed by atoms with Gasteiger partial charge in [0.15, 0.2) is 5.82 Å². The van der Waals surface area contributed by atoms with Crippen LogP contribution in [0.1, 0.15) is 51.4 Å². The molecule has 1 aliphatic carbocycles. The average molecular weight is 365 g/mol. The number of unbranched alkanes of at least 4 members (excludes halogenated alkanes) is 1. The molecule has 0 atom stereocenters. The summed E-state index contributed by atoms with van der Waals surface area (Å²) >= 11 is 0. The van der Waals surface area contributed by atoms with E-state index in [2.05, 4.69) is 20.6 Å². The first-order chi connectivity index (χ1) is 13.1. The summed E-state index contributed by atoms with van der Waals surface area (Å²) < 4.78 is 2.16. The molecule has 2 aromatic heterocycles. The Hall–Kier alpha value is -2.63. The fourth-order valence-electron chi connectivity index (χ4n) is 4.57. The van der Waals surface area contributed by atoms with Gasteiger partial charge in [0.1, 0.15) is 5.52 Å². The molecule has 1 fully saturated rings. The monoisotopic (exact) mass is 365 g/mol. The lowest BCUT2D eigenvalue weighted by molar-refractivity contribution is -0.130. The standard InChI is InChI=1S/C21H27N5O/c22-19-17-18(15-8-2-3-9-16(15)25-19)26(14-24-17)13-7-6-12-21(20(23)27)10-4-1-5-11-21/h2-3,8-9,14H,1,4-7,10-13H2,(H2,22,25)(H2,23,27). The molecule has 0 saturated heterocycles. The number of nitrogen functional groups attached to an aromatic ring is 1. The molecule has 27 heavy (non-hydrogen) atoms. The Bertz CT molecular complexity index is 971. The summed E-state index contributed by atoms with van der Waals surface area (Å²) in [5.74, 6) is 0.359. The van der Waals surface area contributed by atoms with E-state index in [9.17, 15) is 4.79 Å². The van der Waals surface area contributed by atoms with Crippen LogP contribution in [0, 0.1) is 5.41 Å². The molecule has 4 N–H and O–H groups in total. The number of benzene rings is 1. The summed E-state index contributed by atoms with van der Waals surface area (Å²) in [5, 5.41) is 1.07. The van der Waals surface area contributed by atoms with Crippen LogP contribution >= 0.6 is 0 Å². The number of pyridine rings is 1. The summed E-state index contributed by atoms with van der Waals surface area (Å²) in [5.41, 5.74) is 14.3. The molecule has 0 spiro atoms. The van der Waals surface area contributed by atoms with Crippen molar-refractivity contribution in [2.24, 2.45) is 11.1 Å². The van der Waals surface area contributed by atoms with E-state index in [0.29, 0.717) is 5.82 Å². The Labute approximate surface area is 159 Å². The zero-order valence-electron chi connectivity index (χ0n) is 15.7. The Balaban J connectivity index is 1.50. The molecule has 3 aromatic rings. The van der Waals surface area contributed by atoms with E-state index in [1.807, 2.05) is 24.5 Å². The lowest BCUT2D eigenvalue weighted by Gasteiger charge is -2.34. The van der Waals surface area contributed by atoms with E-state index < -0.39 is 0 Å². The number of amides is 1. The van der Waals surface area contributed by atoms with Crippen molar-refractivity contribution in [1.29, 1.82) is 0 Å². The molecule has 0 bridgehead atoms. The highest BCUT2D eigenvalue weighted by molar-refractivity contribution is 6.06. The molecular weight excluding hydrogens is 338 g/mol. The van der Waals surface area contributed by atoms with Gasteiger partial charge < -0.3 is 16.0 Å². The van der Waals surface area contributed by atoms with Gasteiger partial charge in [0, 0.05) is 17.3 Å². The zero-order valence-corrected chi connectivity index (χ0v) is 15.7. The smallest absolute Gasteiger partial charge is 0.223 e. The van der Waals surface area contributed by atoms with Crippen molar-refractivity contribution in [1.82, 2.24) is 14.5 Å². The Morgan fingerprint density at radius 2 is 1.93 bits per heavy atom. The van der Waals surface area contributed by atoms with E-state index >= 15 is 0 Å². The van der Waals surface area contributed by atoms with Gasteiger partial charge in [-0.1, -0.05) is 43.9 Å². The highest BCUT2D eigenvalue weighted by Crippen LogP contribution is 2.40. The van der Waals surface area contributed by atoms with Crippen LogP contribution in [0.25, 0.3) is 21.9 Å². The fraction of sp³-hybridized carbons (Fsp3) is 0.476. The minimum atomic E-state index is -0.281. The normalized spacial score (nSPS) is 16.7. The van der Waals surface area contributed by atoms with Gasteiger partial charge >= 0.3 is 0 Å². The van der Waals surface area contributed by atoms with Crippen LogP contribution in [0.4, 0.5) is 5.82 Å². The van der Waals surface area contributed by atoms with E-state index in [4.69, 9.17) is 11.5 Å². The second kappa shape index (κ2) is 7.18. The number of hydrogen-bond acceptors (Lipinski definition) is 4. The quantitative estimate of drug-likeness (QED) is 0.649. The lowest BCUT2D eigenvalue weighted by Crippen LogP contribution is -2.38. The van der Waals surface area contributed by atoms with Gasteiger partial charge in [0.2, 0.25) is 5.91 Å². The van der Waals surface area contributed by atoms with Crippen LogP contribution in [0.5, 0.6) is 0 Å². The number of rotatable bonds is 6. The molecule has 2 heterocycles. The second-order valence-corrected chi connectivity index (χ2v) is 7.81. The van der Waals surface area contributed by atoms with Crippen LogP contribution in [0.15, 0.2) is 30.6 Å². The summed E-state index contributed by atoms with van der Waals surface area (Å²) in [4.78, 5) is 21.0. The number of hydrogen-bond donors (Lipinski definition) is 2. The molecular formula is C21H27N5O. The van der Waals surface area contributed by atoms with Gasteiger partial charge in [-0.05, 0) is 31.7 Å². The molecule has 0 unspecified atom stereocenters. The van der Waals surface area contributed by atoms with E-state index in [1.54, 1.807) is 0 Å². The average Bonchev–Trinajstić information content (AvgIpc) is 3.11. The number of primary amides is 1. The number of carbonyl (C=O) groups excluding carboxylic acids is 1. The minimum Gasteiger partial charge on any atom is -0.382 e. The van der Waals surface area contributed by atoms with Crippen LogP contribution in [-0.4, -0.2) is 20.4 Å². The molecule has 1 amide bonds. The SMILES string of the molecule is NC(=O)C1(CCCCn2cnc3c(N)nc4ccccc4c32)CCCCC1. The molecule has 142 valence electrons. The summed E-state index contributed by atoms with van der Waals surface area (Å²) in [6, 6.07) is 8.01. The zero-order chi connectivity index (χ0) is 18.9. The minimum absolute atomic E-state index is 0.111. The molecule has 0 aliphatic heterocycles. The number of anilines is 1. The highest BCUT2D eigenvalue weighted by Gasteiger charge is 2.36. The number of aryl methyl sites for hydroxylation is 1. The third-order valence-electron chi connectivity index (χ3n) is 6.12. The maximum atomic E-state index is 12.0. The van der Waals surface area contributed by atoms with E-state index in [0.717, 1.165) is 73.4 Å². The van der Waals surface area contributed by atoms with Crippen molar-refractivity contribution in [2.75, 3.05) is 5.73 Å². The maximum Gasteiger partial charge on any atom is 0.223 e. The predicted molar refractivity (Wildman–Crippen MR) is 108 cm³/mol. The Morgan fingerprint density at radius 1 is 1.15 bits per heavy atom. The van der Waals surface area contributed by atoms with Crippen molar-refractivity contribution >= 4 is 33.7 Å². The van der Waals surface area contributed by atoms with Crippen molar-refractivity contribution in [3.63, 3.8) is 0 Å². The summed E-state index contributed by atoms with van der Waals surface area (Å²) in [6.07, 6.45) is 10.1. The molecule has 6 heteroatoms. The molecule has 4 rings (SSSR count). The van der Waals surface area contributed by atoms with Gasteiger partial charge in [-0.25, -0.2) is 9.97 Å². The Kier molecular flexibility index (Phi) is 4.72. The topological polar surface area (TPSA) is 99.8 Å². The summed E-state index contributed by atoms with van der Waals surface area (Å²) in [7, 11) is 0. The third kappa shape index (κ3) is 3.24. The lowest BCUT2D eigenvalue weighted by atomic mass is 9.70. The predicted octanol–water partition coefficient (Wildman–Crippen LogP) is 3.77. The summed E-state index contributed by atoms with van der Waals surface area (Å²) in [6.45, 7) is 0.846. The fourth-order valence-corrected chi connectivity index (χ4v) is 4.57. The van der Waals surface area contributed by atoms with E-state index in [1.165, 1.54) is 6.42 Å². The first kappa shape index (κ1) is 17.8. The molecule has 0 radical (unpaired) electrons. The van der Waals surface area contributed by atoms with Gasteiger partial charge in [0.25, 0.3) is 0 Å². The number of nitrogens with zero attached hydrogens (tertiary/aromatic N) is 3. The molecule has 1 saturated carbocycles. The number of aromatic nitrogens is 3. The van der Waals surface area contributed by atoms with E-state index in [-0.39, 0.29) is 11.3 Å². The van der Waals surface area contributed by atoms with Gasteiger partial charge in [-0.2, -0.15) is 0 Å². The van der Waals surface area contributed by atoms with Crippen LogP contribution in [-0.2, 0) is 11.3 Å². The first-order valence-corrected chi connectivity index (χ1v) is 9.90. The molecule has 1 aromatic carbocycles. The second-order valence-electron chi connectivity index (χ2n) is 7.81. The van der Waals surface area contributed by atoms with Crippen molar-refractivity contribution in [3.8, 4) is 0 Å². The number of imidazole rings is 1. The van der Waals surface area contributed by atoms with Crippen molar-refractivity contribution in [2.45, 2.75) is 57.9 Å². The van der Waals surface area contributed by atoms with Crippen LogP contribution in [0.2, 0.25) is 0 Å². The third-order valence-corrected chi connectivity index (χ3v) is 6.12. The van der Waals surface area contributed by atoms with Gasteiger partial charge in [0.05, 0.1) is 17.4 Å². The van der Waals surface area contributed by atoms with Crippen LogP contribution < -0.4 is 11.5 Å². The number of carbonyl (C=O) groups is 1. The van der Waals surface area contributed by atoms with Gasteiger partial charge in [-0.3, -0.25) is 4.79 Å². The van der Waals surface area contributed by atoms with Crippen molar-refractivity contribution < 1.29 is 4.79 Å². The highest BCUT2D eigenvalue weighted by atomic mass is 16.1. The number of fused-ring (bicyclic) bond motifs is 3. The molecule has 6 nitrogen and oxygen atoms in total. The first-order valence-electron chi connectivity index (χ1n) is 9.90. The Morgan fingerprint density at radius 3 is 2.70 bits per heavy atom. The molecule has 1 aliphatic rings. The van der Waals surface area contributed by atoms with Crippen LogP contribution in [0.3, 0.4) is 0 Å².